The molecule has 1 amide bonds. The van der Waals surface area contributed by atoms with Gasteiger partial charge in [0.25, 0.3) is 0 Å². The summed E-state index contributed by atoms with van der Waals surface area (Å²) in [7, 11) is 3.54. The molecular formula is C16H20N2O2S. The number of anilines is 1. The van der Waals surface area contributed by atoms with Crippen LogP contribution >= 0.6 is 11.3 Å². The molecule has 5 heteroatoms. The number of hydrogen-bond acceptors (Lipinski definition) is 4. The number of carbonyl (C=O) groups excluding carboxylic acids is 1. The van der Waals surface area contributed by atoms with E-state index in [0.29, 0.717) is 11.4 Å². The fourth-order valence-corrected chi connectivity index (χ4v) is 2.65. The van der Waals surface area contributed by atoms with E-state index >= 15 is 0 Å². The molecule has 1 atom stereocenters. The zero-order chi connectivity index (χ0) is 15.2. The molecule has 2 aromatic rings. The average molecular weight is 304 g/mol. The number of para-hydroxylation sites is 2. The molecule has 4 nitrogen and oxygen atoms in total. The number of thiophene rings is 1. The molecule has 1 aromatic heterocycles. The van der Waals surface area contributed by atoms with Gasteiger partial charge in [-0.1, -0.05) is 12.1 Å². The van der Waals surface area contributed by atoms with E-state index in [1.165, 1.54) is 5.56 Å². The lowest BCUT2D eigenvalue weighted by atomic mass is 10.2. The minimum Gasteiger partial charge on any atom is -0.495 e. The van der Waals surface area contributed by atoms with Crippen LogP contribution < -0.4 is 10.1 Å². The Morgan fingerprint density at radius 1 is 1.38 bits per heavy atom. The molecule has 0 spiro atoms. The lowest BCUT2D eigenvalue weighted by Crippen LogP contribution is -2.39. The molecule has 0 saturated heterocycles. The summed E-state index contributed by atoms with van der Waals surface area (Å²) < 4.78 is 5.24. The predicted octanol–water partition coefficient (Wildman–Crippen LogP) is 3.22. The van der Waals surface area contributed by atoms with Gasteiger partial charge in [-0.3, -0.25) is 9.69 Å². The molecule has 0 saturated carbocycles. The summed E-state index contributed by atoms with van der Waals surface area (Å²) in [5, 5.41) is 7.06. The zero-order valence-electron chi connectivity index (χ0n) is 12.5. The van der Waals surface area contributed by atoms with Gasteiger partial charge in [-0.05, 0) is 48.5 Å². The Labute approximate surface area is 129 Å². The Bertz CT molecular complexity index is 584. The summed E-state index contributed by atoms with van der Waals surface area (Å²) >= 11 is 1.67. The summed E-state index contributed by atoms with van der Waals surface area (Å²) in [4.78, 5) is 14.4. The van der Waals surface area contributed by atoms with E-state index in [9.17, 15) is 4.79 Å². The van der Waals surface area contributed by atoms with E-state index in [4.69, 9.17) is 4.74 Å². The second kappa shape index (κ2) is 7.24. The molecule has 0 aliphatic heterocycles. The zero-order valence-corrected chi connectivity index (χ0v) is 13.3. The lowest BCUT2D eigenvalue weighted by molar-refractivity contribution is -0.120. The topological polar surface area (TPSA) is 41.6 Å². The molecule has 1 N–H and O–H groups in total. The molecule has 0 aliphatic rings. The monoisotopic (exact) mass is 304 g/mol. The molecule has 21 heavy (non-hydrogen) atoms. The van der Waals surface area contributed by atoms with Gasteiger partial charge in [-0.25, -0.2) is 0 Å². The van der Waals surface area contributed by atoms with Gasteiger partial charge < -0.3 is 10.1 Å². The maximum atomic E-state index is 12.3. The number of ether oxygens (including phenoxy) is 1. The number of rotatable bonds is 6. The van der Waals surface area contributed by atoms with Crippen molar-refractivity contribution < 1.29 is 9.53 Å². The third-order valence-corrected chi connectivity index (χ3v) is 4.15. The van der Waals surface area contributed by atoms with Crippen molar-refractivity contribution in [3.8, 4) is 5.75 Å². The Hall–Kier alpha value is -1.85. The SMILES string of the molecule is COc1ccccc1NC(=O)[C@@H](C)N(C)Cc1ccsc1. The van der Waals surface area contributed by atoms with Crippen LogP contribution in [0, 0.1) is 0 Å². The first-order chi connectivity index (χ1) is 10.1. The van der Waals surface area contributed by atoms with Gasteiger partial charge in [-0.15, -0.1) is 0 Å². The third kappa shape index (κ3) is 4.06. The molecule has 1 heterocycles. The molecular weight excluding hydrogens is 284 g/mol. The quantitative estimate of drug-likeness (QED) is 0.891. The number of benzene rings is 1. The first-order valence-corrected chi connectivity index (χ1v) is 7.71. The fraction of sp³-hybridized carbons (Fsp3) is 0.312. The van der Waals surface area contributed by atoms with E-state index in [0.717, 1.165) is 6.54 Å². The van der Waals surface area contributed by atoms with Gasteiger partial charge in [0, 0.05) is 6.54 Å². The number of hydrogen-bond donors (Lipinski definition) is 1. The van der Waals surface area contributed by atoms with Crippen LogP contribution in [0.25, 0.3) is 0 Å². The Morgan fingerprint density at radius 3 is 2.81 bits per heavy atom. The minimum atomic E-state index is -0.227. The van der Waals surface area contributed by atoms with Crippen molar-refractivity contribution in [2.24, 2.45) is 0 Å². The van der Waals surface area contributed by atoms with Gasteiger partial charge in [0.2, 0.25) is 5.91 Å². The van der Waals surface area contributed by atoms with E-state index < -0.39 is 0 Å². The van der Waals surface area contributed by atoms with Gasteiger partial charge in [-0.2, -0.15) is 11.3 Å². The molecule has 0 bridgehead atoms. The summed E-state index contributed by atoms with van der Waals surface area (Å²) in [6, 6.07) is 9.26. The molecule has 0 unspecified atom stereocenters. The standard InChI is InChI=1S/C16H20N2O2S/c1-12(18(2)10-13-8-9-21-11-13)16(19)17-14-6-4-5-7-15(14)20-3/h4-9,11-12H,10H2,1-3H3,(H,17,19)/t12-/m1/s1. The smallest absolute Gasteiger partial charge is 0.241 e. The molecule has 0 aliphatic carbocycles. The highest BCUT2D eigenvalue weighted by Gasteiger charge is 2.19. The van der Waals surface area contributed by atoms with Crippen LogP contribution in [0.5, 0.6) is 5.75 Å². The number of nitrogens with zero attached hydrogens (tertiary/aromatic N) is 1. The van der Waals surface area contributed by atoms with Crippen LogP contribution in [0.3, 0.4) is 0 Å². The van der Waals surface area contributed by atoms with Crippen LogP contribution in [0.1, 0.15) is 12.5 Å². The summed E-state index contributed by atoms with van der Waals surface area (Å²) in [5.74, 6) is 0.621. The highest BCUT2D eigenvalue weighted by Crippen LogP contribution is 2.23. The average Bonchev–Trinajstić information content (AvgIpc) is 2.99. The first-order valence-electron chi connectivity index (χ1n) is 6.77. The van der Waals surface area contributed by atoms with Crippen molar-refractivity contribution >= 4 is 22.9 Å². The molecule has 0 fully saturated rings. The van der Waals surface area contributed by atoms with Crippen molar-refractivity contribution in [2.75, 3.05) is 19.5 Å². The normalized spacial score (nSPS) is 12.2. The first kappa shape index (κ1) is 15.5. The van der Waals surface area contributed by atoms with Crippen molar-refractivity contribution in [3.63, 3.8) is 0 Å². The highest BCUT2D eigenvalue weighted by atomic mass is 32.1. The summed E-state index contributed by atoms with van der Waals surface area (Å²) in [6.07, 6.45) is 0. The number of likely N-dealkylation sites (N-methyl/N-ethyl adjacent to an activating group) is 1. The lowest BCUT2D eigenvalue weighted by Gasteiger charge is -2.23. The van der Waals surface area contributed by atoms with E-state index in [-0.39, 0.29) is 11.9 Å². The molecule has 1 aromatic carbocycles. The van der Waals surface area contributed by atoms with E-state index in [2.05, 4.69) is 16.8 Å². The van der Waals surface area contributed by atoms with E-state index in [1.54, 1.807) is 18.4 Å². The Kier molecular flexibility index (Phi) is 5.36. The second-order valence-electron chi connectivity index (χ2n) is 4.91. The fourth-order valence-electron chi connectivity index (χ4n) is 1.99. The van der Waals surface area contributed by atoms with Crippen LogP contribution in [-0.2, 0) is 11.3 Å². The highest BCUT2D eigenvalue weighted by molar-refractivity contribution is 7.07. The third-order valence-electron chi connectivity index (χ3n) is 3.42. The maximum Gasteiger partial charge on any atom is 0.241 e. The van der Waals surface area contributed by atoms with E-state index in [1.807, 2.05) is 48.5 Å². The predicted molar refractivity (Wildman–Crippen MR) is 86.9 cm³/mol. The Morgan fingerprint density at radius 2 is 2.14 bits per heavy atom. The summed E-state index contributed by atoms with van der Waals surface area (Å²) in [5.41, 5.74) is 1.92. The van der Waals surface area contributed by atoms with Crippen LogP contribution in [-0.4, -0.2) is 31.0 Å². The molecule has 2 rings (SSSR count). The number of methoxy groups -OCH3 is 1. The van der Waals surface area contributed by atoms with Crippen molar-refractivity contribution in [3.05, 3.63) is 46.7 Å². The van der Waals surface area contributed by atoms with Crippen molar-refractivity contribution in [1.82, 2.24) is 4.90 Å². The number of carbonyl (C=O) groups is 1. The molecule has 112 valence electrons. The Balaban J connectivity index is 1.98. The number of nitrogens with one attached hydrogen (secondary N) is 1. The maximum absolute atomic E-state index is 12.3. The summed E-state index contributed by atoms with van der Waals surface area (Å²) in [6.45, 7) is 2.65. The van der Waals surface area contributed by atoms with Crippen molar-refractivity contribution in [1.29, 1.82) is 0 Å². The van der Waals surface area contributed by atoms with Crippen LogP contribution in [0.4, 0.5) is 5.69 Å². The number of amides is 1. The van der Waals surface area contributed by atoms with Gasteiger partial charge >= 0.3 is 0 Å². The van der Waals surface area contributed by atoms with Gasteiger partial charge in [0.15, 0.2) is 0 Å². The molecule has 0 radical (unpaired) electrons. The van der Waals surface area contributed by atoms with Crippen molar-refractivity contribution in [2.45, 2.75) is 19.5 Å². The van der Waals surface area contributed by atoms with Crippen LogP contribution in [0.2, 0.25) is 0 Å². The van der Waals surface area contributed by atoms with Gasteiger partial charge in [0.05, 0.1) is 18.8 Å². The van der Waals surface area contributed by atoms with Gasteiger partial charge in [0.1, 0.15) is 5.75 Å². The largest absolute Gasteiger partial charge is 0.495 e. The second-order valence-corrected chi connectivity index (χ2v) is 5.69. The van der Waals surface area contributed by atoms with Crippen LogP contribution in [0.15, 0.2) is 41.1 Å². The minimum absolute atomic E-state index is 0.0442.